The molecule has 5 rings (SSSR count). The second-order valence-electron chi connectivity index (χ2n) is 6.35. The van der Waals surface area contributed by atoms with Gasteiger partial charge in [-0.15, -0.1) is 11.3 Å². The molecule has 0 aliphatic carbocycles. The monoisotopic (exact) mass is 396 g/mol. The van der Waals surface area contributed by atoms with Crippen LogP contribution in [0, 0.1) is 5.82 Å². The number of halogens is 1. The molecule has 9 heteroatoms. The number of nitrogens with zero attached hydrogens (tertiary/aromatic N) is 1. The quantitative estimate of drug-likeness (QED) is 0.361. The van der Waals surface area contributed by atoms with E-state index in [0.717, 1.165) is 32.4 Å². The van der Waals surface area contributed by atoms with Gasteiger partial charge in [0.15, 0.2) is 11.6 Å². The molecule has 0 amide bonds. The number of methoxy groups -OCH3 is 1. The molecule has 0 unspecified atom stereocenters. The van der Waals surface area contributed by atoms with E-state index in [9.17, 15) is 4.39 Å². The average molecular weight is 396 g/mol. The fourth-order valence-electron chi connectivity index (χ4n) is 3.29. The molecule has 0 bridgehead atoms. The Hall–Kier alpha value is -2.82. The molecule has 1 saturated heterocycles. The maximum absolute atomic E-state index is 13.7. The first-order valence-electron chi connectivity index (χ1n) is 8.65. The van der Waals surface area contributed by atoms with Crippen LogP contribution in [0.15, 0.2) is 47.8 Å². The van der Waals surface area contributed by atoms with Crippen LogP contribution in [0.2, 0.25) is 0 Å². The van der Waals surface area contributed by atoms with Crippen molar-refractivity contribution in [1.29, 1.82) is 0 Å². The van der Waals surface area contributed by atoms with E-state index in [-0.39, 0.29) is 11.9 Å². The molecule has 28 heavy (non-hydrogen) atoms. The van der Waals surface area contributed by atoms with Gasteiger partial charge in [-0.3, -0.25) is 0 Å². The Morgan fingerprint density at radius 1 is 1.07 bits per heavy atom. The van der Waals surface area contributed by atoms with Crippen molar-refractivity contribution < 1.29 is 9.13 Å². The largest absolute Gasteiger partial charge is 0.494 e. The minimum absolute atomic E-state index is 0.0667. The minimum atomic E-state index is -0.399. The Morgan fingerprint density at radius 3 is 2.75 bits per heavy atom. The standard InChI is InChI=1S/C19H17FN6OS/c1-27-16-9-11(3-5-14(16)20)21-19-13-6-7-28-17(13)12-4-2-10(8-15(12)22-19)18-23-25-26-24-18/h2-9,18,23-26H,1H3,(H,21,22). The molecule has 1 fully saturated rings. The topological polar surface area (TPSA) is 82.3 Å². The highest BCUT2D eigenvalue weighted by Gasteiger charge is 2.17. The molecule has 0 atom stereocenters. The van der Waals surface area contributed by atoms with Gasteiger partial charge in [-0.1, -0.05) is 12.1 Å². The van der Waals surface area contributed by atoms with E-state index in [2.05, 4.69) is 39.4 Å². The van der Waals surface area contributed by atoms with E-state index in [1.165, 1.54) is 13.2 Å². The van der Waals surface area contributed by atoms with Gasteiger partial charge in [-0.25, -0.2) is 20.2 Å². The lowest BCUT2D eigenvalue weighted by Gasteiger charge is -2.13. The number of pyridine rings is 1. The van der Waals surface area contributed by atoms with Crippen LogP contribution in [0.4, 0.5) is 15.9 Å². The zero-order chi connectivity index (χ0) is 19.1. The van der Waals surface area contributed by atoms with Crippen molar-refractivity contribution in [2.24, 2.45) is 0 Å². The molecule has 1 aliphatic heterocycles. The highest BCUT2D eigenvalue weighted by Crippen LogP contribution is 2.36. The van der Waals surface area contributed by atoms with Gasteiger partial charge in [0.1, 0.15) is 12.0 Å². The van der Waals surface area contributed by atoms with Crippen LogP contribution < -0.4 is 32.0 Å². The second kappa shape index (κ2) is 6.97. The van der Waals surface area contributed by atoms with Gasteiger partial charge < -0.3 is 10.1 Å². The van der Waals surface area contributed by atoms with E-state index in [1.807, 2.05) is 17.5 Å². The van der Waals surface area contributed by atoms with Crippen LogP contribution in [-0.2, 0) is 0 Å². The molecule has 1 aliphatic rings. The Morgan fingerprint density at radius 2 is 1.93 bits per heavy atom. The summed E-state index contributed by atoms with van der Waals surface area (Å²) in [5.74, 6) is 0.509. The van der Waals surface area contributed by atoms with Crippen LogP contribution in [0.1, 0.15) is 11.7 Å². The third kappa shape index (κ3) is 2.95. The summed E-state index contributed by atoms with van der Waals surface area (Å²) in [5.41, 5.74) is 14.4. The summed E-state index contributed by atoms with van der Waals surface area (Å²) in [4.78, 5) is 4.85. The summed E-state index contributed by atoms with van der Waals surface area (Å²) in [5, 5.41) is 7.47. The number of aromatic nitrogens is 1. The van der Waals surface area contributed by atoms with E-state index in [1.54, 1.807) is 23.5 Å². The van der Waals surface area contributed by atoms with Crippen molar-refractivity contribution in [3.05, 3.63) is 59.2 Å². The Balaban J connectivity index is 1.61. The normalized spacial score (nSPS) is 14.8. The summed E-state index contributed by atoms with van der Waals surface area (Å²) in [6.07, 6.45) is -0.0667. The summed E-state index contributed by atoms with van der Waals surface area (Å²) in [6.45, 7) is 0. The number of fused-ring (bicyclic) bond motifs is 3. The van der Waals surface area contributed by atoms with E-state index >= 15 is 0 Å². The lowest BCUT2D eigenvalue weighted by Crippen LogP contribution is -2.33. The molecular formula is C19H17FN6OS. The first-order chi connectivity index (χ1) is 13.7. The van der Waals surface area contributed by atoms with Crippen LogP contribution in [0.5, 0.6) is 5.75 Å². The number of rotatable bonds is 4. The van der Waals surface area contributed by atoms with Crippen LogP contribution in [-0.4, -0.2) is 12.1 Å². The second-order valence-corrected chi connectivity index (χ2v) is 7.26. The van der Waals surface area contributed by atoms with Crippen LogP contribution >= 0.6 is 11.3 Å². The maximum atomic E-state index is 13.7. The molecule has 4 aromatic rings. The number of nitrogens with one attached hydrogen (secondary N) is 5. The Kier molecular flexibility index (Phi) is 4.30. The summed E-state index contributed by atoms with van der Waals surface area (Å²) >= 11 is 1.67. The molecule has 0 spiro atoms. The highest BCUT2D eigenvalue weighted by atomic mass is 32.1. The minimum Gasteiger partial charge on any atom is -0.494 e. The number of hydrazine groups is 3. The van der Waals surface area contributed by atoms with Gasteiger partial charge in [0.25, 0.3) is 0 Å². The van der Waals surface area contributed by atoms with Gasteiger partial charge in [0, 0.05) is 27.2 Å². The lowest BCUT2D eigenvalue weighted by atomic mass is 10.1. The summed E-state index contributed by atoms with van der Waals surface area (Å²) in [7, 11) is 1.45. The molecule has 0 radical (unpaired) electrons. The van der Waals surface area contributed by atoms with Crippen molar-refractivity contribution in [3.63, 3.8) is 0 Å². The predicted molar refractivity (Wildman–Crippen MR) is 109 cm³/mol. The molecule has 142 valence electrons. The first kappa shape index (κ1) is 17.3. The van der Waals surface area contributed by atoms with Gasteiger partial charge in [0.2, 0.25) is 0 Å². The maximum Gasteiger partial charge on any atom is 0.165 e. The summed E-state index contributed by atoms with van der Waals surface area (Å²) in [6, 6.07) is 12.9. The number of thiophene rings is 1. The number of benzene rings is 2. The lowest BCUT2D eigenvalue weighted by molar-refractivity contribution is 0.387. The third-order valence-corrected chi connectivity index (χ3v) is 5.61. The van der Waals surface area contributed by atoms with Gasteiger partial charge >= 0.3 is 0 Å². The molecule has 2 aromatic heterocycles. The van der Waals surface area contributed by atoms with Crippen molar-refractivity contribution in [2.45, 2.75) is 6.17 Å². The SMILES string of the molecule is COc1cc(Nc2nc3cc(C4NNNN4)ccc3c3sccc23)ccc1F. The average Bonchev–Trinajstić information content (AvgIpc) is 3.41. The predicted octanol–water partition coefficient (Wildman–Crippen LogP) is 3.46. The zero-order valence-electron chi connectivity index (χ0n) is 14.8. The van der Waals surface area contributed by atoms with Gasteiger partial charge in [-0.2, -0.15) is 11.1 Å². The number of hydrogen-bond donors (Lipinski definition) is 5. The van der Waals surface area contributed by atoms with Crippen molar-refractivity contribution in [3.8, 4) is 5.75 Å². The third-order valence-electron chi connectivity index (χ3n) is 4.66. The molecule has 3 heterocycles. The molecular weight excluding hydrogens is 379 g/mol. The number of anilines is 2. The van der Waals surface area contributed by atoms with E-state index < -0.39 is 5.82 Å². The van der Waals surface area contributed by atoms with Crippen LogP contribution in [0.25, 0.3) is 21.0 Å². The van der Waals surface area contributed by atoms with Crippen molar-refractivity contribution in [1.82, 2.24) is 26.9 Å². The number of hydrogen-bond acceptors (Lipinski definition) is 8. The van der Waals surface area contributed by atoms with Crippen molar-refractivity contribution >= 4 is 43.8 Å². The van der Waals surface area contributed by atoms with Gasteiger partial charge in [-0.05, 0) is 35.2 Å². The fraction of sp³-hybridized carbons (Fsp3) is 0.105. The molecule has 7 nitrogen and oxygen atoms in total. The molecule has 0 saturated carbocycles. The van der Waals surface area contributed by atoms with E-state index in [0.29, 0.717) is 5.69 Å². The smallest absolute Gasteiger partial charge is 0.165 e. The van der Waals surface area contributed by atoms with E-state index in [4.69, 9.17) is 9.72 Å². The molecule has 5 N–H and O–H groups in total. The highest BCUT2D eigenvalue weighted by molar-refractivity contribution is 7.18. The van der Waals surface area contributed by atoms with Crippen molar-refractivity contribution in [2.75, 3.05) is 12.4 Å². The summed E-state index contributed by atoms with van der Waals surface area (Å²) < 4.78 is 20.0. The number of ether oxygens (including phenoxy) is 1. The first-order valence-corrected chi connectivity index (χ1v) is 9.53. The Bertz CT molecular complexity index is 1170. The molecule has 2 aromatic carbocycles. The Labute approximate surface area is 163 Å². The zero-order valence-corrected chi connectivity index (χ0v) is 15.7. The fourth-order valence-corrected chi connectivity index (χ4v) is 4.22. The van der Waals surface area contributed by atoms with Crippen LogP contribution in [0.3, 0.4) is 0 Å². The van der Waals surface area contributed by atoms with Gasteiger partial charge in [0.05, 0.1) is 12.6 Å².